The Labute approximate surface area is 267 Å². The maximum atomic E-state index is 13.8. The Hall–Kier alpha value is -2.27. The number of carbonyl (C=O) groups excluding carboxylic acids is 2. The lowest BCUT2D eigenvalue weighted by Crippen LogP contribution is -2.51. The Balaban J connectivity index is 1.28. The van der Waals surface area contributed by atoms with Crippen molar-refractivity contribution in [1.29, 1.82) is 0 Å². The molecule has 3 amide bonds. The number of aromatic nitrogens is 1. The van der Waals surface area contributed by atoms with Crippen LogP contribution in [-0.4, -0.2) is 96.8 Å². The predicted octanol–water partition coefficient (Wildman–Crippen LogP) is 6.16. The Kier molecular flexibility index (Phi) is 10.00. The molecule has 3 aliphatic rings. The third-order valence-corrected chi connectivity index (χ3v) is 14.7. The smallest absolute Gasteiger partial charge is 0.320 e. The van der Waals surface area contributed by atoms with E-state index in [1.54, 1.807) is 6.20 Å². The van der Waals surface area contributed by atoms with Gasteiger partial charge in [0.2, 0.25) is 0 Å². The molecular formula is C33H48BrN5O3Si. The lowest BCUT2D eigenvalue weighted by molar-refractivity contribution is 0.0721. The van der Waals surface area contributed by atoms with Crippen molar-refractivity contribution in [1.82, 2.24) is 24.6 Å². The fraction of sp³-hybridized carbons (Fsp3) is 0.606. The Morgan fingerprint density at radius 3 is 2.42 bits per heavy atom. The topological polar surface area (TPSA) is 69.2 Å². The molecule has 0 unspecified atom stereocenters. The molecule has 0 N–H and O–H groups in total. The molecule has 43 heavy (non-hydrogen) atoms. The third-order valence-electron chi connectivity index (χ3n) is 9.70. The predicted molar refractivity (Wildman–Crippen MR) is 177 cm³/mol. The normalized spacial score (nSPS) is 19.1. The summed E-state index contributed by atoms with van der Waals surface area (Å²) in [5, 5.41) is 0.0748. The average Bonchev–Trinajstić information content (AvgIpc) is 3.31. The monoisotopic (exact) mass is 669 g/mol. The van der Waals surface area contributed by atoms with Gasteiger partial charge in [0.05, 0.1) is 23.9 Å². The Bertz CT molecular complexity index is 1310. The van der Waals surface area contributed by atoms with E-state index in [0.717, 1.165) is 62.9 Å². The van der Waals surface area contributed by atoms with E-state index in [-0.39, 0.29) is 23.1 Å². The fourth-order valence-corrected chi connectivity index (χ4v) is 7.81. The second-order valence-corrected chi connectivity index (χ2v) is 19.6. The van der Waals surface area contributed by atoms with Gasteiger partial charge in [-0.1, -0.05) is 45.0 Å². The minimum atomic E-state index is -2.07. The van der Waals surface area contributed by atoms with Gasteiger partial charge in [-0.3, -0.25) is 14.7 Å². The standard InChI is InChI=1S/C33H48BrN5O3Si/c1-33(2,3)43(4,5)42-28(22-36-16-13-25-11-7-8-12-26(25)21-36)23-38-17-18-39(32(38)41)24-30-29(19-27(34)20-35-30)31(40)37-14-9-6-10-15-37/h7-8,11-12,19-20,28H,6,9-10,13-18,21-24H2,1-5H3/t28-/m1/s1. The summed E-state index contributed by atoms with van der Waals surface area (Å²) >= 11 is 3.50. The highest BCUT2D eigenvalue weighted by Crippen LogP contribution is 2.38. The summed E-state index contributed by atoms with van der Waals surface area (Å²) < 4.78 is 7.78. The molecule has 0 saturated carbocycles. The van der Waals surface area contributed by atoms with Crippen LogP contribution < -0.4 is 0 Å². The minimum Gasteiger partial charge on any atom is -0.411 e. The maximum Gasteiger partial charge on any atom is 0.320 e. The first-order chi connectivity index (χ1) is 20.4. The van der Waals surface area contributed by atoms with Crippen LogP contribution >= 0.6 is 15.9 Å². The van der Waals surface area contributed by atoms with Crippen molar-refractivity contribution in [2.24, 2.45) is 0 Å². The molecule has 10 heteroatoms. The van der Waals surface area contributed by atoms with Crippen molar-refractivity contribution < 1.29 is 14.0 Å². The largest absolute Gasteiger partial charge is 0.411 e. The van der Waals surface area contributed by atoms with Crippen LogP contribution in [0.15, 0.2) is 41.0 Å². The van der Waals surface area contributed by atoms with Gasteiger partial charge in [-0.2, -0.15) is 0 Å². The number of fused-ring (bicyclic) bond motifs is 1. The first kappa shape index (κ1) is 32.1. The molecule has 1 atom stereocenters. The van der Waals surface area contributed by atoms with E-state index in [1.165, 1.54) is 11.1 Å². The van der Waals surface area contributed by atoms with Gasteiger partial charge < -0.3 is 19.1 Å². The van der Waals surface area contributed by atoms with Crippen molar-refractivity contribution in [3.63, 3.8) is 0 Å². The number of urea groups is 1. The van der Waals surface area contributed by atoms with Crippen molar-refractivity contribution >= 4 is 36.2 Å². The van der Waals surface area contributed by atoms with Crippen LogP contribution in [0.25, 0.3) is 0 Å². The molecule has 234 valence electrons. The average molecular weight is 671 g/mol. The number of pyridine rings is 1. The lowest BCUT2D eigenvalue weighted by atomic mass is 10.00. The van der Waals surface area contributed by atoms with E-state index in [1.807, 2.05) is 20.8 Å². The summed E-state index contributed by atoms with van der Waals surface area (Å²) in [7, 11) is -2.07. The quantitative estimate of drug-likeness (QED) is 0.299. The van der Waals surface area contributed by atoms with Crippen LogP contribution in [-0.2, 0) is 23.9 Å². The van der Waals surface area contributed by atoms with Crippen molar-refractivity contribution in [3.8, 4) is 0 Å². The van der Waals surface area contributed by atoms with E-state index >= 15 is 0 Å². The van der Waals surface area contributed by atoms with E-state index < -0.39 is 8.32 Å². The summed E-state index contributed by atoms with van der Waals surface area (Å²) in [5.41, 5.74) is 4.08. The van der Waals surface area contributed by atoms with Gasteiger partial charge in [0.1, 0.15) is 0 Å². The number of amides is 3. The molecule has 2 aromatic rings. The SMILES string of the molecule is CC(C)(C)[Si](C)(C)O[C@H](CN1CCc2ccccc2C1)CN1CCN(Cc2ncc(Br)cc2C(=O)N2CCCCC2)C1=O. The third kappa shape index (κ3) is 7.69. The highest BCUT2D eigenvalue weighted by molar-refractivity contribution is 9.10. The number of likely N-dealkylation sites (tertiary alicyclic amines) is 1. The molecule has 0 spiro atoms. The molecule has 8 nitrogen and oxygen atoms in total. The second-order valence-electron chi connectivity index (χ2n) is 13.9. The fourth-order valence-electron chi connectivity index (χ4n) is 6.15. The molecule has 5 rings (SSSR count). The van der Waals surface area contributed by atoms with Crippen LogP contribution in [0, 0.1) is 0 Å². The molecule has 2 fully saturated rings. The van der Waals surface area contributed by atoms with E-state index in [0.29, 0.717) is 37.4 Å². The number of carbonyl (C=O) groups is 2. The van der Waals surface area contributed by atoms with Crippen molar-refractivity contribution in [3.05, 3.63) is 63.4 Å². The number of nitrogens with zero attached hydrogens (tertiary/aromatic N) is 5. The van der Waals surface area contributed by atoms with Crippen molar-refractivity contribution in [2.75, 3.05) is 45.8 Å². The Morgan fingerprint density at radius 2 is 1.70 bits per heavy atom. The summed E-state index contributed by atoms with van der Waals surface area (Å²) in [6.07, 6.45) is 5.92. The van der Waals surface area contributed by atoms with Crippen molar-refractivity contribution in [2.45, 2.75) is 83.8 Å². The summed E-state index contributed by atoms with van der Waals surface area (Å²) in [5.74, 6) is 0.0120. The van der Waals surface area contributed by atoms with E-state index in [9.17, 15) is 9.59 Å². The van der Waals surface area contributed by atoms with Gasteiger partial charge in [-0.05, 0) is 76.9 Å². The molecule has 2 saturated heterocycles. The molecule has 1 aromatic carbocycles. The maximum absolute atomic E-state index is 13.8. The van der Waals surface area contributed by atoms with Crippen LogP contribution in [0.1, 0.15) is 67.2 Å². The highest BCUT2D eigenvalue weighted by atomic mass is 79.9. The van der Waals surface area contributed by atoms with Gasteiger partial charge >= 0.3 is 6.03 Å². The van der Waals surface area contributed by atoms with E-state index in [4.69, 9.17) is 4.43 Å². The van der Waals surface area contributed by atoms with Gasteiger partial charge in [-0.15, -0.1) is 0 Å². The number of hydrogen-bond donors (Lipinski definition) is 0. The van der Waals surface area contributed by atoms with Gasteiger partial charge in [0, 0.05) is 63.0 Å². The number of rotatable bonds is 9. The first-order valence-corrected chi connectivity index (χ1v) is 19.6. The van der Waals surface area contributed by atoms with Gasteiger partial charge in [0.25, 0.3) is 5.91 Å². The molecule has 3 aliphatic heterocycles. The number of benzene rings is 1. The van der Waals surface area contributed by atoms with Crippen LogP contribution in [0.2, 0.25) is 18.1 Å². The molecule has 4 heterocycles. The molecule has 0 bridgehead atoms. The zero-order valence-electron chi connectivity index (χ0n) is 26.6. The number of piperidine rings is 1. The molecule has 1 aromatic heterocycles. The zero-order chi connectivity index (χ0) is 30.8. The molecule has 0 aliphatic carbocycles. The van der Waals surface area contributed by atoms with Crippen LogP contribution in [0.4, 0.5) is 4.79 Å². The molecular weight excluding hydrogens is 622 g/mol. The zero-order valence-corrected chi connectivity index (χ0v) is 29.2. The minimum absolute atomic E-state index is 0.00564. The summed E-state index contributed by atoms with van der Waals surface area (Å²) in [6.45, 7) is 17.8. The van der Waals surface area contributed by atoms with Crippen LogP contribution in [0.3, 0.4) is 0 Å². The Morgan fingerprint density at radius 1 is 1.00 bits per heavy atom. The number of hydrogen-bond acceptors (Lipinski definition) is 5. The number of halogens is 1. The summed E-state index contributed by atoms with van der Waals surface area (Å²) in [6, 6.07) is 10.6. The van der Waals surface area contributed by atoms with Gasteiger partial charge in [0.15, 0.2) is 8.32 Å². The van der Waals surface area contributed by atoms with Gasteiger partial charge in [-0.25, -0.2) is 4.79 Å². The van der Waals surface area contributed by atoms with E-state index in [2.05, 4.69) is 83.9 Å². The highest BCUT2D eigenvalue weighted by Gasteiger charge is 2.41. The first-order valence-electron chi connectivity index (χ1n) is 15.9. The van der Waals surface area contributed by atoms with Crippen LogP contribution in [0.5, 0.6) is 0 Å². The second kappa shape index (κ2) is 13.4. The molecule has 0 radical (unpaired) electrons. The summed E-state index contributed by atoms with van der Waals surface area (Å²) in [4.78, 5) is 40.0. The lowest BCUT2D eigenvalue weighted by Gasteiger charge is -2.42.